The zero-order valence-electron chi connectivity index (χ0n) is 6.38. The summed E-state index contributed by atoms with van der Waals surface area (Å²) < 4.78 is 4.83. The Bertz CT molecular complexity index is 99.4. The monoisotopic (exact) mass is 142 g/mol. The molecule has 0 aromatic rings. The molecule has 58 valence electrons. The molecule has 0 rings (SSSR count). The highest BCUT2D eigenvalue weighted by atomic mass is 16.5. The molecule has 2 heteroatoms. The minimum Gasteiger partial charge on any atom is -0.385 e. The van der Waals surface area contributed by atoms with Crippen LogP contribution in [-0.4, -0.2) is 20.0 Å². The molecule has 0 aromatic heterocycles. The summed E-state index contributed by atoms with van der Waals surface area (Å²) in [5, 5.41) is 0. The Labute approximate surface area is 61.9 Å². The van der Waals surface area contributed by atoms with Crippen LogP contribution in [0.4, 0.5) is 0 Å². The van der Waals surface area contributed by atoms with Gasteiger partial charge in [0.1, 0.15) is 6.29 Å². The number of rotatable bonds is 6. The summed E-state index contributed by atoms with van der Waals surface area (Å²) in [7, 11) is 1.63. The maximum Gasteiger partial charge on any atom is 0.123 e. The van der Waals surface area contributed by atoms with Crippen molar-refractivity contribution in [3.05, 3.63) is 12.7 Å². The lowest BCUT2D eigenvalue weighted by Crippen LogP contribution is -2.04. The Hall–Kier alpha value is -0.630. The van der Waals surface area contributed by atoms with E-state index in [2.05, 4.69) is 6.58 Å². The molecule has 0 heterocycles. The van der Waals surface area contributed by atoms with Crippen LogP contribution in [0.5, 0.6) is 0 Å². The first-order chi connectivity index (χ1) is 4.85. The number of hydrogen-bond acceptors (Lipinski definition) is 2. The highest BCUT2D eigenvalue weighted by Crippen LogP contribution is 2.04. The molecule has 1 unspecified atom stereocenters. The second-order valence-corrected chi connectivity index (χ2v) is 2.20. The van der Waals surface area contributed by atoms with Crippen molar-refractivity contribution in [2.45, 2.75) is 12.8 Å². The molecule has 0 aromatic carbocycles. The predicted octanol–water partition coefficient (Wildman–Crippen LogP) is 1.41. The van der Waals surface area contributed by atoms with Gasteiger partial charge in [0.25, 0.3) is 0 Å². The molecule has 0 fully saturated rings. The van der Waals surface area contributed by atoms with Crippen molar-refractivity contribution in [2.75, 3.05) is 13.7 Å². The van der Waals surface area contributed by atoms with Crippen LogP contribution in [0.2, 0.25) is 0 Å². The van der Waals surface area contributed by atoms with Gasteiger partial charge in [0.2, 0.25) is 0 Å². The number of allylic oxidation sites excluding steroid dienone is 1. The normalized spacial score (nSPS) is 12.5. The average molecular weight is 142 g/mol. The first-order valence-electron chi connectivity index (χ1n) is 3.40. The Morgan fingerprint density at radius 3 is 2.80 bits per heavy atom. The molecule has 0 saturated heterocycles. The van der Waals surface area contributed by atoms with Crippen molar-refractivity contribution in [3.63, 3.8) is 0 Å². The minimum atomic E-state index is 0.0949. The SMILES string of the molecule is C=CCC(C=O)CCOC. The second-order valence-electron chi connectivity index (χ2n) is 2.20. The van der Waals surface area contributed by atoms with Gasteiger partial charge in [-0.15, -0.1) is 6.58 Å². The lowest BCUT2D eigenvalue weighted by molar-refractivity contribution is -0.111. The standard InChI is InChI=1S/C8H14O2/c1-3-4-8(7-9)5-6-10-2/h3,7-8H,1,4-6H2,2H3. The smallest absolute Gasteiger partial charge is 0.123 e. The number of methoxy groups -OCH3 is 1. The molecule has 1 atom stereocenters. The molecule has 0 aliphatic rings. The highest BCUT2D eigenvalue weighted by molar-refractivity contribution is 5.53. The third kappa shape index (κ3) is 4.27. The van der Waals surface area contributed by atoms with Gasteiger partial charge in [-0.1, -0.05) is 6.08 Å². The Balaban J connectivity index is 3.38. The van der Waals surface area contributed by atoms with E-state index in [9.17, 15) is 4.79 Å². The lowest BCUT2D eigenvalue weighted by atomic mass is 10.0. The van der Waals surface area contributed by atoms with E-state index in [-0.39, 0.29) is 5.92 Å². The number of ether oxygens (including phenoxy) is 1. The van der Waals surface area contributed by atoms with Crippen molar-refractivity contribution in [1.82, 2.24) is 0 Å². The van der Waals surface area contributed by atoms with Crippen LogP contribution >= 0.6 is 0 Å². The second kappa shape index (κ2) is 6.49. The van der Waals surface area contributed by atoms with Crippen LogP contribution in [0.1, 0.15) is 12.8 Å². The van der Waals surface area contributed by atoms with Crippen molar-refractivity contribution >= 4 is 6.29 Å². The van der Waals surface area contributed by atoms with Gasteiger partial charge >= 0.3 is 0 Å². The fraction of sp³-hybridized carbons (Fsp3) is 0.625. The average Bonchev–Trinajstić information content (AvgIpc) is 1.98. The van der Waals surface area contributed by atoms with Crippen LogP contribution in [0.25, 0.3) is 0 Å². The van der Waals surface area contributed by atoms with E-state index in [0.29, 0.717) is 6.61 Å². The van der Waals surface area contributed by atoms with Gasteiger partial charge in [0, 0.05) is 19.6 Å². The van der Waals surface area contributed by atoms with Gasteiger partial charge < -0.3 is 9.53 Å². The molecule has 0 aliphatic carbocycles. The molecule has 0 spiro atoms. The summed E-state index contributed by atoms with van der Waals surface area (Å²) in [6, 6.07) is 0. The third-order valence-corrected chi connectivity index (χ3v) is 1.35. The molecule has 0 N–H and O–H groups in total. The molecule has 0 aliphatic heterocycles. The van der Waals surface area contributed by atoms with Gasteiger partial charge in [-0.2, -0.15) is 0 Å². The number of carbonyl (C=O) groups excluding carboxylic acids is 1. The first kappa shape index (κ1) is 9.37. The van der Waals surface area contributed by atoms with E-state index in [1.165, 1.54) is 0 Å². The fourth-order valence-electron chi connectivity index (χ4n) is 0.725. The molecule has 0 saturated carbocycles. The van der Waals surface area contributed by atoms with E-state index < -0.39 is 0 Å². The van der Waals surface area contributed by atoms with Crippen LogP contribution in [0.3, 0.4) is 0 Å². The Morgan fingerprint density at radius 1 is 1.70 bits per heavy atom. The van der Waals surface area contributed by atoms with Gasteiger partial charge in [-0.3, -0.25) is 0 Å². The Kier molecular flexibility index (Phi) is 6.08. The van der Waals surface area contributed by atoms with Gasteiger partial charge in [-0.25, -0.2) is 0 Å². The predicted molar refractivity (Wildman–Crippen MR) is 40.9 cm³/mol. The number of aldehydes is 1. The maximum atomic E-state index is 10.3. The molecule has 0 amide bonds. The molecular formula is C8H14O2. The van der Waals surface area contributed by atoms with Gasteiger partial charge in [0.05, 0.1) is 0 Å². The fourth-order valence-corrected chi connectivity index (χ4v) is 0.725. The van der Waals surface area contributed by atoms with Gasteiger partial charge in [0.15, 0.2) is 0 Å². The first-order valence-corrected chi connectivity index (χ1v) is 3.40. The zero-order valence-corrected chi connectivity index (χ0v) is 6.38. The van der Waals surface area contributed by atoms with E-state index >= 15 is 0 Å². The summed E-state index contributed by atoms with van der Waals surface area (Å²) in [5.74, 6) is 0.0949. The van der Waals surface area contributed by atoms with Crippen LogP contribution in [-0.2, 0) is 9.53 Å². The van der Waals surface area contributed by atoms with E-state index in [1.54, 1.807) is 13.2 Å². The quantitative estimate of drug-likeness (QED) is 0.414. The Morgan fingerprint density at radius 2 is 2.40 bits per heavy atom. The summed E-state index contributed by atoms with van der Waals surface area (Å²) in [6.45, 7) is 4.21. The van der Waals surface area contributed by atoms with Crippen LogP contribution in [0.15, 0.2) is 12.7 Å². The molecular weight excluding hydrogens is 128 g/mol. The largest absolute Gasteiger partial charge is 0.385 e. The highest BCUT2D eigenvalue weighted by Gasteiger charge is 2.02. The molecule has 2 nitrogen and oxygen atoms in total. The van der Waals surface area contributed by atoms with Crippen molar-refractivity contribution in [3.8, 4) is 0 Å². The number of carbonyl (C=O) groups is 1. The zero-order chi connectivity index (χ0) is 7.82. The molecule has 0 bridgehead atoms. The summed E-state index contributed by atoms with van der Waals surface area (Å²) in [6.07, 6.45) is 4.27. The molecule has 10 heavy (non-hydrogen) atoms. The molecule has 0 radical (unpaired) electrons. The van der Waals surface area contributed by atoms with Crippen molar-refractivity contribution in [2.24, 2.45) is 5.92 Å². The summed E-state index contributed by atoms with van der Waals surface area (Å²) in [4.78, 5) is 10.3. The van der Waals surface area contributed by atoms with E-state index in [0.717, 1.165) is 19.1 Å². The maximum absolute atomic E-state index is 10.3. The lowest BCUT2D eigenvalue weighted by Gasteiger charge is -2.04. The number of hydrogen-bond donors (Lipinski definition) is 0. The van der Waals surface area contributed by atoms with Gasteiger partial charge in [-0.05, 0) is 12.8 Å². The van der Waals surface area contributed by atoms with Crippen LogP contribution < -0.4 is 0 Å². The van der Waals surface area contributed by atoms with E-state index in [4.69, 9.17) is 4.74 Å². The minimum absolute atomic E-state index is 0.0949. The van der Waals surface area contributed by atoms with Crippen molar-refractivity contribution in [1.29, 1.82) is 0 Å². The summed E-state index contributed by atoms with van der Waals surface area (Å²) >= 11 is 0. The topological polar surface area (TPSA) is 26.3 Å². The van der Waals surface area contributed by atoms with Crippen LogP contribution in [0, 0.1) is 5.92 Å². The third-order valence-electron chi connectivity index (χ3n) is 1.35. The van der Waals surface area contributed by atoms with Crippen molar-refractivity contribution < 1.29 is 9.53 Å². The summed E-state index contributed by atoms with van der Waals surface area (Å²) in [5.41, 5.74) is 0. The van der Waals surface area contributed by atoms with E-state index in [1.807, 2.05) is 0 Å².